The van der Waals surface area contributed by atoms with Crippen molar-refractivity contribution in [2.24, 2.45) is 0 Å². The van der Waals surface area contributed by atoms with Gasteiger partial charge in [-0.05, 0) is 61.9 Å². The van der Waals surface area contributed by atoms with Crippen molar-refractivity contribution in [1.29, 1.82) is 0 Å². The molecule has 1 aromatic rings. The number of carbonyl (C=O) groups excluding carboxylic acids is 1. The number of benzene rings is 1. The van der Waals surface area contributed by atoms with Gasteiger partial charge in [-0.3, -0.25) is 0 Å². The summed E-state index contributed by atoms with van der Waals surface area (Å²) in [4.78, 5) is 12.0. The van der Waals surface area contributed by atoms with E-state index >= 15 is 0 Å². The van der Waals surface area contributed by atoms with Crippen molar-refractivity contribution in [2.75, 3.05) is 0 Å². The predicted octanol–water partition coefficient (Wildman–Crippen LogP) is 3.94. The summed E-state index contributed by atoms with van der Waals surface area (Å²) >= 11 is 0. The molecule has 0 N–H and O–H groups in total. The van der Waals surface area contributed by atoms with E-state index in [0.29, 0.717) is 5.56 Å². The molecule has 2 heteroatoms. The minimum Gasteiger partial charge on any atom is -0.459 e. The molecule has 0 aromatic heterocycles. The van der Waals surface area contributed by atoms with E-state index in [1.807, 2.05) is 26.0 Å². The van der Waals surface area contributed by atoms with Crippen molar-refractivity contribution in [3.05, 3.63) is 34.4 Å². The summed E-state index contributed by atoms with van der Waals surface area (Å²) in [6, 6.07) is 3.98. The zero-order chi connectivity index (χ0) is 13.7. The number of carbonyl (C=O) groups is 1. The van der Waals surface area contributed by atoms with Crippen molar-refractivity contribution in [1.82, 2.24) is 0 Å². The average molecular weight is 248 g/mol. The highest BCUT2D eigenvalue weighted by Crippen LogP contribution is 2.21. The third kappa shape index (κ3) is 3.34. The Hall–Kier alpha value is -1.31. The Morgan fingerprint density at radius 1 is 1.06 bits per heavy atom. The lowest BCUT2D eigenvalue weighted by Gasteiger charge is -2.15. The lowest BCUT2D eigenvalue weighted by molar-refractivity contribution is 0.0377. The van der Waals surface area contributed by atoms with Crippen LogP contribution in [0, 0.1) is 0 Å². The summed E-state index contributed by atoms with van der Waals surface area (Å²) in [6.45, 7) is 10.2. The maximum Gasteiger partial charge on any atom is 0.338 e. The second-order valence-corrected chi connectivity index (χ2v) is 4.79. The van der Waals surface area contributed by atoms with Gasteiger partial charge in [-0.2, -0.15) is 0 Å². The SMILES string of the molecule is CCc1cc(C(=O)OC(C)C)cc(CC)c1CC. The fourth-order valence-corrected chi connectivity index (χ4v) is 2.28. The van der Waals surface area contributed by atoms with Crippen LogP contribution in [0.15, 0.2) is 12.1 Å². The first-order chi connectivity index (χ1) is 8.53. The molecule has 0 saturated heterocycles. The molecule has 0 unspecified atom stereocenters. The van der Waals surface area contributed by atoms with Crippen molar-refractivity contribution in [3.8, 4) is 0 Å². The third-order valence-electron chi connectivity index (χ3n) is 3.13. The molecular weight excluding hydrogens is 224 g/mol. The number of hydrogen-bond acceptors (Lipinski definition) is 2. The molecule has 0 saturated carbocycles. The van der Waals surface area contributed by atoms with E-state index in [2.05, 4.69) is 20.8 Å². The van der Waals surface area contributed by atoms with E-state index in [9.17, 15) is 4.79 Å². The monoisotopic (exact) mass is 248 g/mol. The van der Waals surface area contributed by atoms with Crippen molar-refractivity contribution >= 4 is 5.97 Å². The maximum atomic E-state index is 12.0. The molecule has 0 heterocycles. The van der Waals surface area contributed by atoms with Gasteiger partial charge in [-0.1, -0.05) is 20.8 Å². The second kappa shape index (κ2) is 6.58. The number of aryl methyl sites for hydroxylation is 2. The summed E-state index contributed by atoms with van der Waals surface area (Å²) in [5.74, 6) is -0.211. The van der Waals surface area contributed by atoms with Gasteiger partial charge in [0, 0.05) is 0 Å². The van der Waals surface area contributed by atoms with Crippen molar-refractivity contribution in [2.45, 2.75) is 60.0 Å². The average Bonchev–Trinajstić information content (AvgIpc) is 2.35. The van der Waals surface area contributed by atoms with E-state index in [1.165, 1.54) is 16.7 Å². The normalized spacial score (nSPS) is 10.8. The molecule has 2 nitrogen and oxygen atoms in total. The molecule has 0 atom stereocenters. The van der Waals surface area contributed by atoms with Crippen LogP contribution in [0.25, 0.3) is 0 Å². The van der Waals surface area contributed by atoms with Crippen LogP contribution in [-0.4, -0.2) is 12.1 Å². The minimum atomic E-state index is -0.211. The van der Waals surface area contributed by atoms with Crippen LogP contribution in [0.5, 0.6) is 0 Å². The molecular formula is C16H24O2. The molecule has 0 aliphatic heterocycles. The van der Waals surface area contributed by atoms with Crippen molar-refractivity contribution in [3.63, 3.8) is 0 Å². The van der Waals surface area contributed by atoms with Crippen LogP contribution in [0.4, 0.5) is 0 Å². The van der Waals surface area contributed by atoms with Crippen LogP contribution >= 0.6 is 0 Å². The topological polar surface area (TPSA) is 26.3 Å². The van der Waals surface area contributed by atoms with E-state index in [4.69, 9.17) is 4.74 Å². The van der Waals surface area contributed by atoms with E-state index < -0.39 is 0 Å². The van der Waals surface area contributed by atoms with Crippen LogP contribution < -0.4 is 0 Å². The standard InChI is InChI=1S/C16H24O2/c1-6-12-9-14(16(17)18-11(4)5)10-13(7-2)15(12)8-3/h9-11H,6-8H2,1-5H3. The van der Waals surface area contributed by atoms with Crippen LogP contribution in [0.3, 0.4) is 0 Å². The molecule has 0 amide bonds. The molecule has 0 fully saturated rings. The van der Waals surface area contributed by atoms with Crippen LogP contribution in [-0.2, 0) is 24.0 Å². The van der Waals surface area contributed by atoms with E-state index in [-0.39, 0.29) is 12.1 Å². The Bertz CT molecular complexity index is 394. The number of rotatable bonds is 5. The van der Waals surface area contributed by atoms with Crippen LogP contribution in [0.2, 0.25) is 0 Å². The summed E-state index contributed by atoms with van der Waals surface area (Å²) in [7, 11) is 0. The zero-order valence-electron chi connectivity index (χ0n) is 12.2. The van der Waals surface area contributed by atoms with E-state index in [1.54, 1.807) is 0 Å². The highest BCUT2D eigenvalue weighted by atomic mass is 16.5. The molecule has 0 aliphatic carbocycles. The molecule has 0 spiro atoms. The fraction of sp³-hybridized carbons (Fsp3) is 0.562. The zero-order valence-corrected chi connectivity index (χ0v) is 12.2. The fourth-order valence-electron chi connectivity index (χ4n) is 2.28. The highest BCUT2D eigenvalue weighted by molar-refractivity contribution is 5.90. The van der Waals surface area contributed by atoms with Crippen molar-refractivity contribution < 1.29 is 9.53 Å². The summed E-state index contributed by atoms with van der Waals surface area (Å²) in [6.07, 6.45) is 2.86. The Balaban J connectivity index is 3.18. The first kappa shape index (κ1) is 14.7. The first-order valence-electron chi connectivity index (χ1n) is 6.89. The Morgan fingerprint density at radius 3 is 1.89 bits per heavy atom. The van der Waals surface area contributed by atoms with Gasteiger partial charge in [0.25, 0.3) is 0 Å². The van der Waals surface area contributed by atoms with Crippen LogP contribution in [0.1, 0.15) is 61.7 Å². The second-order valence-electron chi connectivity index (χ2n) is 4.79. The van der Waals surface area contributed by atoms with Gasteiger partial charge in [0.05, 0.1) is 11.7 Å². The predicted molar refractivity (Wildman–Crippen MR) is 75.1 cm³/mol. The lowest BCUT2D eigenvalue weighted by Crippen LogP contribution is -2.13. The quantitative estimate of drug-likeness (QED) is 0.738. The summed E-state index contributed by atoms with van der Waals surface area (Å²) in [5.41, 5.74) is 4.62. The Morgan fingerprint density at radius 2 is 1.56 bits per heavy atom. The molecule has 18 heavy (non-hydrogen) atoms. The van der Waals surface area contributed by atoms with Gasteiger partial charge in [-0.15, -0.1) is 0 Å². The van der Waals surface area contributed by atoms with Gasteiger partial charge in [0.2, 0.25) is 0 Å². The minimum absolute atomic E-state index is 0.0708. The van der Waals surface area contributed by atoms with Gasteiger partial charge < -0.3 is 4.74 Å². The first-order valence-corrected chi connectivity index (χ1v) is 6.89. The number of hydrogen-bond donors (Lipinski definition) is 0. The lowest BCUT2D eigenvalue weighted by atomic mass is 9.93. The highest BCUT2D eigenvalue weighted by Gasteiger charge is 2.14. The Labute approximate surface area is 110 Å². The molecule has 1 aromatic carbocycles. The smallest absolute Gasteiger partial charge is 0.338 e. The molecule has 0 aliphatic rings. The molecule has 0 bridgehead atoms. The molecule has 0 radical (unpaired) electrons. The third-order valence-corrected chi connectivity index (χ3v) is 3.13. The molecule has 100 valence electrons. The van der Waals surface area contributed by atoms with Gasteiger partial charge in [-0.25, -0.2) is 4.79 Å². The summed E-state index contributed by atoms with van der Waals surface area (Å²) < 4.78 is 5.27. The molecule has 1 rings (SSSR count). The maximum absolute atomic E-state index is 12.0. The van der Waals surface area contributed by atoms with Gasteiger partial charge in [0.1, 0.15) is 0 Å². The summed E-state index contributed by atoms with van der Waals surface area (Å²) in [5, 5.41) is 0. The number of ether oxygens (including phenoxy) is 1. The number of esters is 1. The van der Waals surface area contributed by atoms with E-state index in [0.717, 1.165) is 19.3 Å². The largest absolute Gasteiger partial charge is 0.459 e. The Kier molecular flexibility index (Phi) is 5.39. The van der Waals surface area contributed by atoms with Gasteiger partial charge in [0.15, 0.2) is 0 Å². The van der Waals surface area contributed by atoms with Gasteiger partial charge >= 0.3 is 5.97 Å².